The number of piperidine rings is 1. The Bertz CT molecular complexity index is 480. The van der Waals surface area contributed by atoms with Crippen LogP contribution in [-0.2, 0) is 0 Å². The van der Waals surface area contributed by atoms with Gasteiger partial charge in [-0.1, -0.05) is 0 Å². The van der Waals surface area contributed by atoms with Crippen molar-refractivity contribution in [2.75, 3.05) is 13.1 Å². The lowest BCUT2D eigenvalue weighted by molar-refractivity contribution is 0.0698. The van der Waals surface area contributed by atoms with Crippen LogP contribution in [0.4, 0.5) is 0 Å². The van der Waals surface area contributed by atoms with Gasteiger partial charge in [0.05, 0.1) is 25.1 Å². The van der Waals surface area contributed by atoms with Gasteiger partial charge in [-0.25, -0.2) is 0 Å². The number of amides is 1. The van der Waals surface area contributed by atoms with E-state index >= 15 is 0 Å². The average molecular weight is 378 g/mol. The molecule has 2 heterocycles. The Balaban J connectivity index is 2.15. The quantitative estimate of drug-likeness (QED) is 0.749. The summed E-state index contributed by atoms with van der Waals surface area (Å²) >= 11 is 8.25. The molecule has 0 spiro atoms. The summed E-state index contributed by atoms with van der Waals surface area (Å²) in [5.41, 5.74) is 0.681. The Labute approximate surface area is 121 Å². The zero-order valence-electron chi connectivity index (χ0n) is 8.95. The van der Waals surface area contributed by atoms with Gasteiger partial charge in [-0.15, -0.1) is 11.3 Å². The van der Waals surface area contributed by atoms with Crippen LogP contribution in [0.3, 0.4) is 0 Å². The summed E-state index contributed by atoms with van der Waals surface area (Å²) in [4.78, 5) is 14.0. The second-order valence-corrected chi connectivity index (χ2v) is 7.71. The van der Waals surface area contributed by atoms with E-state index < -0.39 is 0 Å². The molecule has 1 aliphatic rings. The molecular weight excluding hydrogens is 368 g/mol. The first-order valence-electron chi connectivity index (χ1n) is 5.25. The van der Waals surface area contributed by atoms with Crippen molar-refractivity contribution in [2.24, 2.45) is 5.92 Å². The van der Waals surface area contributed by atoms with E-state index in [1.807, 2.05) is 6.07 Å². The topological polar surface area (TPSA) is 44.1 Å². The molecule has 0 radical (unpaired) electrons. The molecule has 0 N–H and O–H groups in total. The molecule has 2 rings (SSSR count). The maximum atomic E-state index is 12.3. The van der Waals surface area contributed by atoms with Gasteiger partial charge in [-0.05, 0) is 50.8 Å². The minimum atomic E-state index is -0.0199. The lowest BCUT2D eigenvalue weighted by Gasteiger charge is -2.29. The van der Waals surface area contributed by atoms with Gasteiger partial charge in [-0.2, -0.15) is 5.26 Å². The van der Waals surface area contributed by atoms with E-state index in [1.165, 1.54) is 11.3 Å². The van der Waals surface area contributed by atoms with Gasteiger partial charge in [0.15, 0.2) is 0 Å². The van der Waals surface area contributed by atoms with Crippen molar-refractivity contribution in [3.8, 4) is 6.07 Å². The number of nitrogens with zero attached hydrogens (tertiary/aromatic N) is 2. The lowest BCUT2D eigenvalue weighted by atomic mass is 9.99. The Morgan fingerprint density at radius 2 is 2.35 bits per heavy atom. The number of hydrogen-bond acceptors (Lipinski definition) is 3. The number of rotatable bonds is 1. The first kappa shape index (κ1) is 13.1. The number of carbonyl (C=O) groups excluding carboxylic acids is 1. The van der Waals surface area contributed by atoms with Crippen molar-refractivity contribution < 1.29 is 4.79 Å². The third kappa shape index (κ3) is 2.90. The highest BCUT2D eigenvalue weighted by molar-refractivity contribution is 9.12. The van der Waals surface area contributed by atoms with E-state index in [4.69, 9.17) is 5.26 Å². The fraction of sp³-hybridized carbons (Fsp3) is 0.455. The van der Waals surface area contributed by atoms with Gasteiger partial charge in [-0.3, -0.25) is 4.79 Å². The normalized spacial score (nSPS) is 20.1. The molecular formula is C11H10Br2N2OS. The molecule has 1 fully saturated rings. The van der Waals surface area contributed by atoms with Gasteiger partial charge < -0.3 is 4.90 Å². The summed E-state index contributed by atoms with van der Waals surface area (Å²) in [6, 6.07) is 4.07. The van der Waals surface area contributed by atoms with Crippen LogP contribution in [0.25, 0.3) is 0 Å². The maximum Gasteiger partial charge on any atom is 0.255 e. The number of likely N-dealkylation sites (tertiary alicyclic amines) is 1. The Morgan fingerprint density at radius 1 is 1.59 bits per heavy atom. The van der Waals surface area contributed by atoms with Crippen LogP contribution < -0.4 is 0 Å². The standard InChI is InChI=1S/C11H10Br2N2OS/c12-9-4-8(10(13)17-9)11(16)15-3-1-2-7(5-14)6-15/h4,7H,1-3,6H2. The Hall–Kier alpha value is -0.380. The van der Waals surface area contributed by atoms with Crippen molar-refractivity contribution >= 4 is 49.1 Å². The lowest BCUT2D eigenvalue weighted by Crippen LogP contribution is -2.39. The molecule has 17 heavy (non-hydrogen) atoms. The highest BCUT2D eigenvalue weighted by Crippen LogP contribution is 2.33. The SMILES string of the molecule is N#CC1CCCN(C(=O)c2cc(Br)sc2Br)C1. The minimum Gasteiger partial charge on any atom is -0.337 e. The highest BCUT2D eigenvalue weighted by Gasteiger charge is 2.26. The summed E-state index contributed by atoms with van der Waals surface area (Å²) in [5, 5.41) is 8.92. The predicted octanol–water partition coefficient (Wildman–Crippen LogP) is 3.65. The second kappa shape index (κ2) is 5.51. The molecule has 1 aliphatic heterocycles. The number of thiophene rings is 1. The van der Waals surface area contributed by atoms with Crippen LogP contribution in [-0.4, -0.2) is 23.9 Å². The number of hydrogen-bond donors (Lipinski definition) is 0. The van der Waals surface area contributed by atoms with E-state index in [0.717, 1.165) is 27.0 Å². The van der Waals surface area contributed by atoms with Crippen molar-refractivity contribution in [3.63, 3.8) is 0 Å². The van der Waals surface area contributed by atoms with Crippen LogP contribution in [0.5, 0.6) is 0 Å². The molecule has 0 bridgehead atoms. The van der Waals surface area contributed by atoms with Crippen molar-refractivity contribution in [2.45, 2.75) is 12.8 Å². The van der Waals surface area contributed by atoms with E-state index in [2.05, 4.69) is 37.9 Å². The highest BCUT2D eigenvalue weighted by atomic mass is 79.9. The van der Waals surface area contributed by atoms with Crippen LogP contribution in [0.15, 0.2) is 13.6 Å². The summed E-state index contributed by atoms with van der Waals surface area (Å²) < 4.78 is 1.77. The second-order valence-electron chi connectivity index (χ2n) is 3.96. The molecule has 1 saturated heterocycles. The number of halogens is 2. The van der Waals surface area contributed by atoms with Crippen LogP contribution in [0, 0.1) is 17.2 Å². The molecule has 1 amide bonds. The van der Waals surface area contributed by atoms with E-state index in [0.29, 0.717) is 12.1 Å². The number of nitriles is 1. The zero-order valence-corrected chi connectivity index (χ0v) is 12.9. The number of carbonyl (C=O) groups is 1. The molecule has 3 nitrogen and oxygen atoms in total. The Morgan fingerprint density at radius 3 is 2.94 bits per heavy atom. The van der Waals surface area contributed by atoms with Gasteiger partial charge in [0.1, 0.15) is 0 Å². The van der Waals surface area contributed by atoms with Gasteiger partial charge >= 0.3 is 0 Å². The van der Waals surface area contributed by atoms with Gasteiger partial charge in [0.25, 0.3) is 5.91 Å². The molecule has 0 aliphatic carbocycles. The monoisotopic (exact) mass is 376 g/mol. The molecule has 0 saturated carbocycles. The fourth-order valence-electron chi connectivity index (χ4n) is 1.92. The van der Waals surface area contributed by atoms with Gasteiger partial charge in [0, 0.05) is 13.1 Å². The third-order valence-electron chi connectivity index (χ3n) is 2.78. The first-order valence-corrected chi connectivity index (χ1v) is 7.66. The molecule has 1 unspecified atom stereocenters. The van der Waals surface area contributed by atoms with Crippen LogP contribution in [0.1, 0.15) is 23.2 Å². The van der Waals surface area contributed by atoms with E-state index in [1.54, 1.807) is 4.90 Å². The molecule has 90 valence electrons. The zero-order chi connectivity index (χ0) is 12.4. The third-order valence-corrected chi connectivity index (χ3v) is 5.12. The van der Waals surface area contributed by atoms with Crippen molar-refractivity contribution in [3.05, 3.63) is 19.2 Å². The van der Waals surface area contributed by atoms with E-state index in [-0.39, 0.29) is 11.8 Å². The van der Waals surface area contributed by atoms with Crippen LogP contribution >= 0.6 is 43.2 Å². The summed E-state index contributed by atoms with van der Waals surface area (Å²) in [7, 11) is 0. The minimum absolute atomic E-state index is 0.0128. The molecule has 0 aromatic carbocycles. The summed E-state index contributed by atoms with van der Waals surface area (Å²) in [5.74, 6) is -0.00710. The van der Waals surface area contributed by atoms with Crippen molar-refractivity contribution in [1.29, 1.82) is 5.26 Å². The summed E-state index contributed by atoms with van der Waals surface area (Å²) in [6.07, 6.45) is 1.81. The molecule has 6 heteroatoms. The predicted molar refractivity (Wildman–Crippen MR) is 74.0 cm³/mol. The first-order chi connectivity index (χ1) is 8.11. The van der Waals surface area contributed by atoms with Crippen LogP contribution in [0.2, 0.25) is 0 Å². The smallest absolute Gasteiger partial charge is 0.255 e. The van der Waals surface area contributed by atoms with Crippen molar-refractivity contribution in [1.82, 2.24) is 4.90 Å². The van der Waals surface area contributed by atoms with Gasteiger partial charge in [0.2, 0.25) is 0 Å². The average Bonchev–Trinajstić information content (AvgIpc) is 2.67. The largest absolute Gasteiger partial charge is 0.337 e. The molecule has 1 aromatic heterocycles. The fourth-order valence-corrected chi connectivity index (χ4v) is 4.70. The molecule has 1 atom stereocenters. The maximum absolute atomic E-state index is 12.3. The Kier molecular flexibility index (Phi) is 4.23. The van der Waals surface area contributed by atoms with E-state index in [9.17, 15) is 4.79 Å². The molecule has 1 aromatic rings. The summed E-state index contributed by atoms with van der Waals surface area (Å²) in [6.45, 7) is 1.30.